The molecule has 0 spiro atoms. The van der Waals surface area contributed by atoms with Gasteiger partial charge in [-0.25, -0.2) is 13.1 Å². The first-order valence-electron chi connectivity index (χ1n) is 3.71. The summed E-state index contributed by atoms with van der Waals surface area (Å²) in [6, 6.07) is -0.407. The minimum absolute atomic E-state index is 0.186. The molecule has 0 saturated heterocycles. The molecule has 1 rings (SSSR count). The van der Waals surface area contributed by atoms with Gasteiger partial charge in [0.05, 0.1) is 6.26 Å². The van der Waals surface area contributed by atoms with Crippen LogP contribution in [0.5, 0.6) is 0 Å². The maximum Gasteiger partial charge on any atom is 0.309 e. The summed E-state index contributed by atoms with van der Waals surface area (Å²) in [6.45, 7) is -0.600. The molecule has 8 nitrogen and oxygen atoms in total. The topological polar surface area (TPSA) is 136 Å². The number of aromatic nitrogens is 1. The number of amides is 1. The largest absolute Gasteiger partial charge is 0.425 e. The number of primary amides is 1. The van der Waals surface area contributed by atoms with Crippen molar-refractivity contribution in [3.8, 4) is 0 Å². The van der Waals surface area contributed by atoms with Crippen LogP contribution in [0.1, 0.15) is 16.2 Å². The molecule has 0 radical (unpaired) electrons. The smallest absolute Gasteiger partial charge is 0.309 e. The number of aliphatic hydroxyl groups is 1. The third-order valence-electron chi connectivity index (χ3n) is 1.35. The standard InChI is InChI=1S/C6H9N3O5S/c1-15(12,13)9-6-8-4(5(7)11)3(2-10)14-6/h10H,2H2,1H3,(H2,7,11)(H,8,9). The Morgan fingerprint density at radius 3 is 2.60 bits per heavy atom. The van der Waals surface area contributed by atoms with Crippen LogP contribution < -0.4 is 10.5 Å². The number of rotatable bonds is 4. The van der Waals surface area contributed by atoms with Crippen LogP contribution in [0.15, 0.2) is 4.42 Å². The predicted molar refractivity (Wildman–Crippen MR) is 49.4 cm³/mol. The van der Waals surface area contributed by atoms with E-state index < -0.39 is 28.6 Å². The van der Waals surface area contributed by atoms with E-state index >= 15 is 0 Å². The van der Waals surface area contributed by atoms with Gasteiger partial charge >= 0.3 is 6.01 Å². The van der Waals surface area contributed by atoms with E-state index in [4.69, 9.17) is 15.3 Å². The number of nitrogens with zero attached hydrogens (tertiary/aromatic N) is 1. The molecule has 0 aromatic carbocycles. The Kier molecular flexibility index (Phi) is 2.95. The molecule has 84 valence electrons. The molecule has 0 saturated carbocycles. The first kappa shape index (κ1) is 11.5. The van der Waals surface area contributed by atoms with Crippen LogP contribution in [-0.4, -0.2) is 30.7 Å². The molecule has 0 aliphatic rings. The molecule has 0 atom stereocenters. The van der Waals surface area contributed by atoms with Gasteiger partial charge in [0, 0.05) is 0 Å². The molecule has 0 fully saturated rings. The number of oxazole rings is 1. The number of aliphatic hydroxyl groups excluding tert-OH is 1. The molecule has 0 aliphatic heterocycles. The Hall–Kier alpha value is -1.61. The molecule has 0 aliphatic carbocycles. The Morgan fingerprint density at radius 2 is 2.27 bits per heavy atom. The van der Waals surface area contributed by atoms with Gasteiger partial charge in [-0.1, -0.05) is 0 Å². The van der Waals surface area contributed by atoms with E-state index in [-0.39, 0.29) is 11.5 Å². The van der Waals surface area contributed by atoms with E-state index in [2.05, 4.69) is 4.98 Å². The van der Waals surface area contributed by atoms with Crippen molar-refractivity contribution in [1.82, 2.24) is 4.98 Å². The van der Waals surface area contributed by atoms with Crippen LogP contribution in [0.4, 0.5) is 6.01 Å². The molecular weight excluding hydrogens is 226 g/mol. The fraction of sp³-hybridized carbons (Fsp3) is 0.333. The summed E-state index contributed by atoms with van der Waals surface area (Å²) in [5.74, 6) is -1.10. The van der Waals surface area contributed by atoms with Crippen LogP contribution in [0, 0.1) is 0 Å². The van der Waals surface area contributed by atoms with E-state index in [9.17, 15) is 13.2 Å². The van der Waals surface area contributed by atoms with Gasteiger partial charge in [-0.05, 0) is 0 Å². The quantitative estimate of drug-likeness (QED) is 0.589. The lowest BCUT2D eigenvalue weighted by atomic mass is 10.3. The number of nitrogens with one attached hydrogen (secondary N) is 1. The zero-order chi connectivity index (χ0) is 11.6. The Morgan fingerprint density at radius 1 is 1.67 bits per heavy atom. The molecule has 1 heterocycles. The van der Waals surface area contributed by atoms with Gasteiger partial charge in [-0.2, -0.15) is 4.98 Å². The molecular formula is C6H9N3O5S. The number of carbonyl (C=O) groups is 1. The summed E-state index contributed by atoms with van der Waals surface area (Å²) < 4.78 is 28.2. The van der Waals surface area contributed by atoms with Crippen LogP contribution in [0.2, 0.25) is 0 Å². The van der Waals surface area contributed by atoms with Crippen LogP contribution in [-0.2, 0) is 16.6 Å². The summed E-state index contributed by atoms with van der Waals surface area (Å²) in [4.78, 5) is 14.2. The van der Waals surface area contributed by atoms with E-state index in [0.717, 1.165) is 6.26 Å². The van der Waals surface area contributed by atoms with Crippen LogP contribution in [0.25, 0.3) is 0 Å². The maximum atomic E-state index is 10.8. The third-order valence-corrected chi connectivity index (χ3v) is 1.89. The summed E-state index contributed by atoms with van der Waals surface area (Å²) in [6.07, 6.45) is 0.889. The number of nitrogens with two attached hydrogens (primary N) is 1. The zero-order valence-electron chi connectivity index (χ0n) is 7.72. The lowest BCUT2D eigenvalue weighted by Crippen LogP contribution is -2.14. The molecule has 0 unspecified atom stereocenters. The minimum Gasteiger partial charge on any atom is -0.425 e. The SMILES string of the molecule is CS(=O)(=O)Nc1nc(C(N)=O)c(CO)o1. The van der Waals surface area contributed by atoms with Gasteiger partial charge < -0.3 is 15.3 Å². The van der Waals surface area contributed by atoms with Crippen LogP contribution in [0.3, 0.4) is 0 Å². The van der Waals surface area contributed by atoms with Gasteiger partial charge in [0.1, 0.15) is 6.61 Å². The van der Waals surface area contributed by atoms with E-state index in [1.807, 2.05) is 4.72 Å². The van der Waals surface area contributed by atoms with E-state index in [1.165, 1.54) is 0 Å². The summed E-state index contributed by atoms with van der Waals surface area (Å²) in [7, 11) is -3.55. The molecule has 1 aromatic heterocycles. The van der Waals surface area contributed by atoms with Crippen molar-refractivity contribution >= 4 is 21.9 Å². The lowest BCUT2D eigenvalue weighted by Gasteiger charge is -1.95. The van der Waals surface area contributed by atoms with Gasteiger partial charge in [-0.3, -0.25) is 4.79 Å². The number of anilines is 1. The average molecular weight is 235 g/mol. The highest BCUT2D eigenvalue weighted by Gasteiger charge is 2.18. The fourth-order valence-electron chi connectivity index (χ4n) is 0.854. The van der Waals surface area contributed by atoms with Crippen molar-refractivity contribution in [2.75, 3.05) is 11.0 Å². The molecule has 9 heteroatoms. The second kappa shape index (κ2) is 3.87. The first-order chi connectivity index (χ1) is 6.83. The van der Waals surface area contributed by atoms with Gasteiger partial charge in [-0.15, -0.1) is 0 Å². The highest BCUT2D eigenvalue weighted by Crippen LogP contribution is 2.15. The third kappa shape index (κ3) is 2.92. The van der Waals surface area contributed by atoms with Gasteiger partial charge in [0.25, 0.3) is 5.91 Å². The zero-order valence-corrected chi connectivity index (χ0v) is 8.54. The second-order valence-corrected chi connectivity index (χ2v) is 4.44. The minimum atomic E-state index is -3.55. The number of hydrogen-bond donors (Lipinski definition) is 3. The summed E-state index contributed by atoms with van der Waals surface area (Å²) >= 11 is 0. The number of hydrogen-bond acceptors (Lipinski definition) is 6. The Labute approximate surface area is 85.1 Å². The van der Waals surface area contributed by atoms with Crippen molar-refractivity contribution in [3.05, 3.63) is 11.5 Å². The van der Waals surface area contributed by atoms with Crippen molar-refractivity contribution < 1.29 is 22.7 Å². The van der Waals surface area contributed by atoms with E-state index in [0.29, 0.717) is 0 Å². The Bertz CT molecular complexity index is 477. The van der Waals surface area contributed by atoms with Crippen molar-refractivity contribution in [3.63, 3.8) is 0 Å². The molecule has 1 aromatic rings. The van der Waals surface area contributed by atoms with Crippen molar-refractivity contribution in [2.45, 2.75) is 6.61 Å². The Balaban J connectivity index is 3.08. The summed E-state index contributed by atoms with van der Waals surface area (Å²) in [5, 5.41) is 8.76. The second-order valence-electron chi connectivity index (χ2n) is 2.69. The monoisotopic (exact) mass is 235 g/mol. The highest BCUT2D eigenvalue weighted by molar-refractivity contribution is 7.91. The maximum absolute atomic E-state index is 10.8. The number of sulfonamides is 1. The first-order valence-corrected chi connectivity index (χ1v) is 5.61. The van der Waals surface area contributed by atoms with Crippen molar-refractivity contribution in [2.24, 2.45) is 5.73 Å². The molecule has 4 N–H and O–H groups in total. The average Bonchev–Trinajstić information content (AvgIpc) is 2.44. The predicted octanol–water partition coefficient (Wildman–Crippen LogP) is -1.36. The molecule has 15 heavy (non-hydrogen) atoms. The highest BCUT2D eigenvalue weighted by atomic mass is 32.2. The molecule has 1 amide bonds. The summed E-state index contributed by atoms with van der Waals surface area (Å²) in [5.41, 5.74) is 4.62. The van der Waals surface area contributed by atoms with E-state index in [1.54, 1.807) is 0 Å². The molecule has 0 bridgehead atoms. The van der Waals surface area contributed by atoms with Crippen molar-refractivity contribution in [1.29, 1.82) is 0 Å². The van der Waals surface area contributed by atoms with Gasteiger partial charge in [0.15, 0.2) is 11.5 Å². The van der Waals surface area contributed by atoms with Gasteiger partial charge in [0.2, 0.25) is 10.0 Å². The van der Waals surface area contributed by atoms with Crippen LogP contribution >= 0.6 is 0 Å². The normalized spacial score (nSPS) is 11.3. The fourth-order valence-corrected chi connectivity index (χ4v) is 1.26. The lowest BCUT2D eigenvalue weighted by molar-refractivity contribution is 0.0991. The number of carbonyl (C=O) groups excluding carboxylic acids is 1.